The second-order valence-electron chi connectivity index (χ2n) is 15.7. The molecule has 0 aliphatic carbocycles. The lowest BCUT2D eigenvalue weighted by Crippen LogP contribution is -2.63. The van der Waals surface area contributed by atoms with Crippen molar-refractivity contribution in [1.82, 2.24) is 0 Å². The molecule has 5 heterocycles. The summed E-state index contributed by atoms with van der Waals surface area (Å²) in [5.41, 5.74) is -0.404. The van der Waals surface area contributed by atoms with Gasteiger partial charge in [-0.05, 0) is 18.6 Å². The van der Waals surface area contributed by atoms with Gasteiger partial charge >= 0.3 is 29.8 Å². The van der Waals surface area contributed by atoms with E-state index in [0.29, 0.717) is 6.42 Å². The van der Waals surface area contributed by atoms with Crippen LogP contribution in [0.5, 0.6) is 11.5 Å². The molecule has 0 unspecified atom stereocenters. The Morgan fingerprint density at radius 2 is 1.38 bits per heavy atom. The molecule has 0 aromatic heterocycles. The third-order valence-electron chi connectivity index (χ3n) is 11.2. The molecule has 18 atom stereocenters. The number of aliphatic hydroxyl groups excluding tert-OH is 7. The van der Waals surface area contributed by atoms with Gasteiger partial charge in [-0.3, -0.25) is 14.4 Å². The number of carbonyl (C=O) groups is 5. The fourth-order valence-electron chi connectivity index (χ4n) is 7.90. The Hall–Kier alpha value is -5.03. The summed E-state index contributed by atoms with van der Waals surface area (Å²) >= 11 is 0. The Bertz CT molecular complexity index is 1960. The van der Waals surface area contributed by atoms with Crippen LogP contribution in [0.25, 0.3) is 0 Å². The molecule has 4 saturated heterocycles. The number of hydrogen-bond acceptors (Lipinski definition) is 25. The van der Waals surface area contributed by atoms with Crippen LogP contribution in [-0.2, 0) is 71.3 Å². The van der Waals surface area contributed by atoms with Crippen molar-refractivity contribution >= 4 is 29.8 Å². The molecule has 5 aliphatic rings. The Morgan fingerprint density at radius 1 is 0.742 bits per heavy atom. The van der Waals surface area contributed by atoms with Gasteiger partial charge in [0, 0.05) is 32.6 Å². The minimum absolute atomic E-state index is 0.0984. The van der Waals surface area contributed by atoms with Gasteiger partial charge in [0.15, 0.2) is 36.1 Å². The van der Waals surface area contributed by atoms with E-state index in [4.69, 9.17) is 56.8 Å². The third-order valence-corrected chi connectivity index (χ3v) is 11.2. The van der Waals surface area contributed by atoms with Gasteiger partial charge in [-0.25, -0.2) is 9.59 Å². The summed E-state index contributed by atoms with van der Waals surface area (Å²) in [5.74, 6) is -7.33. The first-order valence-corrected chi connectivity index (χ1v) is 20.6. The Balaban J connectivity index is 1.22. The highest BCUT2D eigenvalue weighted by Gasteiger charge is 2.55. The number of phenols is 1. The van der Waals surface area contributed by atoms with E-state index in [-0.39, 0.29) is 12.2 Å². The van der Waals surface area contributed by atoms with Gasteiger partial charge in [0.25, 0.3) is 0 Å². The number of cyclic esters (lactones) is 1. The summed E-state index contributed by atoms with van der Waals surface area (Å²) in [6, 6.07) is 3.38. The fraction of sp³-hybridized carbons (Fsp3) is 0.634. The van der Waals surface area contributed by atoms with Crippen molar-refractivity contribution in [2.75, 3.05) is 26.4 Å². The minimum Gasteiger partial charge on any atom is -0.504 e. The number of phenolic OH excluding ortho intramolecular Hbond substituents is 1. The van der Waals surface area contributed by atoms with Crippen molar-refractivity contribution in [3.63, 3.8) is 0 Å². The van der Waals surface area contributed by atoms with E-state index < -0.39 is 177 Å². The molecule has 66 heavy (non-hydrogen) atoms. The molecule has 6 rings (SSSR count). The molecule has 0 radical (unpaired) electrons. The Morgan fingerprint density at radius 3 is 2.03 bits per heavy atom. The molecule has 0 saturated carbocycles. The Kier molecular flexibility index (Phi) is 16.6. The van der Waals surface area contributed by atoms with Gasteiger partial charge in [0.2, 0.25) is 18.9 Å². The highest BCUT2D eigenvalue weighted by atomic mass is 16.8. The van der Waals surface area contributed by atoms with Gasteiger partial charge in [0.1, 0.15) is 67.1 Å². The number of fused-ring (bicyclic) bond motifs is 1. The van der Waals surface area contributed by atoms with Crippen LogP contribution in [0.2, 0.25) is 0 Å². The van der Waals surface area contributed by atoms with E-state index in [1.54, 1.807) is 0 Å². The first-order chi connectivity index (χ1) is 31.3. The van der Waals surface area contributed by atoms with E-state index >= 15 is 0 Å². The lowest BCUT2D eigenvalue weighted by Gasteiger charge is -2.46. The number of para-hydroxylation sites is 1. The number of hydrogen-bond donors (Lipinski definition) is 8. The van der Waals surface area contributed by atoms with Gasteiger partial charge < -0.3 is 97.7 Å². The van der Waals surface area contributed by atoms with Crippen LogP contribution in [0, 0.1) is 11.8 Å². The molecule has 4 fully saturated rings. The van der Waals surface area contributed by atoms with Gasteiger partial charge in [0.05, 0.1) is 31.7 Å². The second-order valence-corrected chi connectivity index (χ2v) is 15.7. The van der Waals surface area contributed by atoms with Crippen LogP contribution in [0.4, 0.5) is 0 Å². The van der Waals surface area contributed by atoms with Gasteiger partial charge in [-0.15, -0.1) is 6.58 Å². The SMILES string of the molecule is C=C[C@H]1[C@H](O[C@@H]2O[C@H](COC(C)=O)[C@@H](OC(=O)c3cccc(O[C@@H]4O[C@H](CO[C@@H]5O[C@H](CO)[C@@H](O)[C@H](O)[C@H]5O)[C@@H](O)[C@H](O)[C@H]4O)c3O)[C@H](OC(C)=O)[C@H]2OC(C)=O)OC=C2C(=O)OCC[C@H]21. The van der Waals surface area contributed by atoms with E-state index in [1.807, 2.05) is 0 Å². The molecule has 0 spiro atoms. The summed E-state index contributed by atoms with van der Waals surface area (Å²) in [6.45, 7) is 4.88. The topological polar surface area (TPSA) is 358 Å². The Labute approximate surface area is 374 Å². The van der Waals surface area contributed by atoms with E-state index in [1.165, 1.54) is 12.1 Å². The van der Waals surface area contributed by atoms with Crippen LogP contribution >= 0.6 is 0 Å². The zero-order chi connectivity index (χ0) is 48.1. The molecule has 0 amide bonds. The molecule has 25 heteroatoms. The highest BCUT2D eigenvalue weighted by molar-refractivity contribution is 5.93. The summed E-state index contributed by atoms with van der Waals surface area (Å²) in [4.78, 5) is 63.7. The number of rotatable bonds is 15. The molecule has 1 aromatic carbocycles. The molecule has 5 aliphatic heterocycles. The zero-order valence-corrected chi connectivity index (χ0v) is 35.5. The van der Waals surface area contributed by atoms with Crippen LogP contribution in [0.1, 0.15) is 37.6 Å². The summed E-state index contributed by atoms with van der Waals surface area (Å²) < 4.78 is 67.3. The van der Waals surface area contributed by atoms with Crippen molar-refractivity contribution in [3.8, 4) is 11.5 Å². The lowest BCUT2D eigenvalue weighted by molar-refractivity contribution is -0.341. The minimum atomic E-state index is -2.00. The predicted octanol–water partition coefficient (Wildman–Crippen LogP) is -3.31. The highest BCUT2D eigenvalue weighted by Crippen LogP contribution is 2.41. The molecule has 366 valence electrons. The standard InChI is InChI=1S/C41H52O25/c1-5-18-19-9-10-55-36(53)21(19)12-57-38(18)66-41-35(60-17(4)45)34(59-16(3)44)33(25(64-41)14-56-15(2)43)65-37(54)20-7-6-8-22(26(20)46)61-40-32(52)30(50)28(48)24(63-40)13-58-39-31(51)29(49)27(47)23(11-42)62-39/h5-8,12,18-19,23-25,27-35,38-42,46-52H,1,9-11,13-14H2,2-4H3/t18-,19+,23-,24-,25-,27-,28-,29+,30+,31-,32-,33-,34+,35-,38+,39-,40-,41+/m1/s1. The van der Waals surface area contributed by atoms with Crippen LogP contribution in [0.15, 0.2) is 42.7 Å². The summed E-state index contributed by atoms with van der Waals surface area (Å²) in [6.07, 6.45) is -24.4. The zero-order valence-electron chi connectivity index (χ0n) is 35.5. The summed E-state index contributed by atoms with van der Waals surface area (Å²) in [7, 11) is 0. The van der Waals surface area contributed by atoms with Crippen molar-refractivity contribution in [2.45, 2.75) is 126 Å². The number of carbonyl (C=O) groups excluding carboxylic acids is 5. The number of ether oxygens (including phenoxy) is 12. The largest absolute Gasteiger partial charge is 0.504 e. The first-order valence-electron chi connectivity index (χ1n) is 20.6. The van der Waals surface area contributed by atoms with Gasteiger partial charge in [-0.2, -0.15) is 0 Å². The first kappa shape index (κ1) is 50.4. The second kappa shape index (κ2) is 21.7. The lowest BCUT2D eigenvalue weighted by atomic mass is 9.81. The predicted molar refractivity (Wildman–Crippen MR) is 208 cm³/mol. The van der Waals surface area contributed by atoms with Crippen molar-refractivity contribution in [2.24, 2.45) is 11.8 Å². The normalized spacial score (nSPS) is 37.7. The third kappa shape index (κ3) is 11.0. The molecule has 0 bridgehead atoms. The number of esters is 5. The molecule has 8 N–H and O–H groups in total. The van der Waals surface area contributed by atoms with Crippen molar-refractivity contribution in [3.05, 3.63) is 48.3 Å². The average Bonchev–Trinajstić information content (AvgIpc) is 3.27. The van der Waals surface area contributed by atoms with Crippen molar-refractivity contribution < 1.29 is 122 Å². The molecule has 1 aromatic rings. The maximum atomic E-state index is 14.0. The maximum Gasteiger partial charge on any atom is 0.342 e. The van der Waals surface area contributed by atoms with E-state index in [9.17, 15) is 64.8 Å². The molecule has 25 nitrogen and oxygen atoms in total. The monoisotopic (exact) mass is 944 g/mol. The van der Waals surface area contributed by atoms with Gasteiger partial charge in [-0.1, -0.05) is 12.1 Å². The van der Waals surface area contributed by atoms with Crippen LogP contribution in [-0.4, -0.2) is 196 Å². The van der Waals surface area contributed by atoms with Crippen LogP contribution < -0.4 is 4.74 Å². The van der Waals surface area contributed by atoms with E-state index in [0.717, 1.165) is 39.2 Å². The van der Waals surface area contributed by atoms with Crippen LogP contribution in [0.3, 0.4) is 0 Å². The quantitative estimate of drug-likeness (QED) is 0.0485. The average molecular weight is 945 g/mol. The van der Waals surface area contributed by atoms with Crippen molar-refractivity contribution in [1.29, 1.82) is 0 Å². The maximum absolute atomic E-state index is 14.0. The molecular formula is C41H52O25. The summed E-state index contributed by atoms with van der Waals surface area (Å²) in [5, 5.41) is 83.4. The molecular weight excluding hydrogens is 892 g/mol. The number of aromatic hydroxyl groups is 1. The van der Waals surface area contributed by atoms with E-state index in [2.05, 4.69) is 6.58 Å². The smallest absolute Gasteiger partial charge is 0.342 e. The fourth-order valence-corrected chi connectivity index (χ4v) is 7.90. The number of benzene rings is 1. The number of aliphatic hydroxyl groups is 7.